The number of rotatable bonds is 6. The molecule has 26 heavy (non-hydrogen) atoms. The van der Waals surface area contributed by atoms with Gasteiger partial charge in [0.15, 0.2) is 11.6 Å². The largest absolute Gasteiger partial charge is 0.487 e. The smallest absolute Gasteiger partial charge is 0.214 e. The van der Waals surface area contributed by atoms with Crippen molar-refractivity contribution in [1.82, 2.24) is 4.31 Å². The highest BCUT2D eigenvalue weighted by Crippen LogP contribution is 2.25. The van der Waals surface area contributed by atoms with Crippen LogP contribution in [0.4, 0.5) is 4.39 Å². The van der Waals surface area contributed by atoms with Gasteiger partial charge in [-0.05, 0) is 36.6 Å². The minimum Gasteiger partial charge on any atom is -0.487 e. The maximum absolute atomic E-state index is 13.8. The average Bonchev–Trinajstić information content (AvgIpc) is 2.64. The van der Waals surface area contributed by atoms with Crippen LogP contribution >= 0.6 is 11.6 Å². The molecule has 0 aromatic heterocycles. The number of halogens is 2. The summed E-state index contributed by atoms with van der Waals surface area (Å²) in [6, 6.07) is 13.6. The SMILES string of the molecule is O=S(=O)(C[CH]c1ccccc1)N1CCC(Oc2ccc(Cl)cc2F)CC1. The average molecular weight is 397 g/mol. The second kappa shape index (κ2) is 8.37. The number of ether oxygens (including phenoxy) is 1. The van der Waals surface area contributed by atoms with Crippen molar-refractivity contribution in [2.45, 2.75) is 18.9 Å². The fraction of sp³-hybridized carbons (Fsp3) is 0.316. The van der Waals surface area contributed by atoms with Crippen LogP contribution < -0.4 is 4.74 Å². The summed E-state index contributed by atoms with van der Waals surface area (Å²) in [6.07, 6.45) is 2.54. The maximum Gasteiger partial charge on any atom is 0.214 e. The summed E-state index contributed by atoms with van der Waals surface area (Å²) in [6.45, 7) is 0.732. The molecule has 1 radical (unpaired) electrons. The van der Waals surface area contributed by atoms with E-state index in [4.69, 9.17) is 16.3 Å². The molecule has 1 fully saturated rings. The van der Waals surface area contributed by atoms with E-state index in [1.165, 1.54) is 16.4 Å². The second-order valence-corrected chi connectivity index (χ2v) is 8.63. The summed E-state index contributed by atoms with van der Waals surface area (Å²) in [5.41, 5.74) is 0.882. The van der Waals surface area contributed by atoms with Crippen LogP contribution in [0.3, 0.4) is 0 Å². The topological polar surface area (TPSA) is 46.6 Å². The zero-order chi connectivity index (χ0) is 18.6. The number of piperidine rings is 1. The van der Waals surface area contributed by atoms with Crippen LogP contribution in [0.1, 0.15) is 18.4 Å². The van der Waals surface area contributed by atoms with E-state index < -0.39 is 15.8 Å². The third-order valence-corrected chi connectivity index (χ3v) is 6.29. The van der Waals surface area contributed by atoms with Crippen LogP contribution in [-0.4, -0.2) is 37.7 Å². The Morgan fingerprint density at radius 1 is 1.15 bits per heavy atom. The van der Waals surface area contributed by atoms with E-state index in [0.29, 0.717) is 31.0 Å². The van der Waals surface area contributed by atoms with Gasteiger partial charge in [-0.2, -0.15) is 0 Å². The fourth-order valence-electron chi connectivity index (χ4n) is 2.87. The zero-order valence-corrected chi connectivity index (χ0v) is 15.7. The predicted molar refractivity (Wildman–Crippen MR) is 100 cm³/mol. The Morgan fingerprint density at radius 2 is 1.85 bits per heavy atom. The van der Waals surface area contributed by atoms with Gasteiger partial charge in [-0.1, -0.05) is 41.9 Å². The Labute approximate surface area is 158 Å². The normalized spacial score (nSPS) is 16.5. The van der Waals surface area contributed by atoms with Crippen molar-refractivity contribution in [2.75, 3.05) is 18.8 Å². The van der Waals surface area contributed by atoms with Crippen molar-refractivity contribution in [1.29, 1.82) is 0 Å². The van der Waals surface area contributed by atoms with Gasteiger partial charge in [0.25, 0.3) is 0 Å². The molecule has 1 aliphatic rings. The second-order valence-electron chi connectivity index (χ2n) is 6.18. The van der Waals surface area contributed by atoms with Crippen molar-refractivity contribution >= 4 is 21.6 Å². The lowest BCUT2D eigenvalue weighted by atomic mass is 10.1. The van der Waals surface area contributed by atoms with E-state index in [2.05, 4.69) is 0 Å². The molecule has 1 saturated heterocycles. The number of nitrogens with zero attached hydrogens (tertiary/aromatic N) is 1. The van der Waals surface area contributed by atoms with Crippen LogP contribution in [0.2, 0.25) is 5.02 Å². The lowest BCUT2D eigenvalue weighted by molar-refractivity contribution is 0.130. The Hall–Kier alpha value is -1.63. The Balaban J connectivity index is 1.52. The summed E-state index contributed by atoms with van der Waals surface area (Å²) in [5, 5.41) is 0.311. The van der Waals surface area contributed by atoms with E-state index in [0.717, 1.165) is 5.56 Å². The molecule has 2 aromatic rings. The first-order valence-electron chi connectivity index (χ1n) is 8.42. The van der Waals surface area contributed by atoms with Gasteiger partial charge in [-0.15, -0.1) is 0 Å². The molecule has 0 amide bonds. The standard InChI is InChI=1S/C19H20ClFNO3S/c20-16-6-7-19(18(21)14-16)25-17-8-11-22(12-9-17)26(23,24)13-10-15-4-2-1-3-5-15/h1-7,10,14,17H,8-9,11-13H2. The third-order valence-electron chi connectivity index (χ3n) is 4.31. The third kappa shape index (κ3) is 4.96. The van der Waals surface area contributed by atoms with E-state index in [1.54, 1.807) is 12.5 Å². The Bertz CT molecular complexity index is 837. The highest BCUT2D eigenvalue weighted by molar-refractivity contribution is 7.89. The summed E-state index contributed by atoms with van der Waals surface area (Å²) in [4.78, 5) is 0. The summed E-state index contributed by atoms with van der Waals surface area (Å²) in [5.74, 6) is -0.396. The van der Waals surface area contributed by atoms with Gasteiger partial charge in [0.05, 0.1) is 5.75 Å². The lowest BCUT2D eigenvalue weighted by Crippen LogP contribution is -2.42. The maximum atomic E-state index is 13.8. The van der Waals surface area contributed by atoms with Crippen molar-refractivity contribution in [2.24, 2.45) is 0 Å². The highest BCUT2D eigenvalue weighted by Gasteiger charge is 2.29. The molecule has 4 nitrogen and oxygen atoms in total. The van der Waals surface area contributed by atoms with Crippen LogP contribution in [0.15, 0.2) is 48.5 Å². The molecule has 0 saturated carbocycles. The molecule has 0 aliphatic carbocycles. The first-order valence-corrected chi connectivity index (χ1v) is 10.4. The number of benzene rings is 2. The molecule has 0 bridgehead atoms. The van der Waals surface area contributed by atoms with Crippen molar-refractivity contribution in [3.05, 3.63) is 71.4 Å². The fourth-order valence-corrected chi connectivity index (χ4v) is 4.41. The monoisotopic (exact) mass is 396 g/mol. The molecule has 1 aliphatic heterocycles. The number of hydrogen-bond acceptors (Lipinski definition) is 3. The van der Waals surface area contributed by atoms with E-state index >= 15 is 0 Å². The first-order chi connectivity index (χ1) is 12.4. The van der Waals surface area contributed by atoms with Gasteiger partial charge >= 0.3 is 0 Å². The van der Waals surface area contributed by atoms with Gasteiger partial charge in [-0.25, -0.2) is 17.1 Å². The van der Waals surface area contributed by atoms with E-state index in [9.17, 15) is 12.8 Å². The quantitative estimate of drug-likeness (QED) is 0.743. The molecule has 0 unspecified atom stereocenters. The van der Waals surface area contributed by atoms with Crippen LogP contribution in [0, 0.1) is 12.2 Å². The number of sulfonamides is 1. The van der Waals surface area contributed by atoms with Gasteiger partial charge in [-0.3, -0.25) is 0 Å². The first kappa shape index (κ1) is 19.1. The summed E-state index contributed by atoms with van der Waals surface area (Å²) < 4.78 is 45.9. The predicted octanol–water partition coefficient (Wildman–Crippen LogP) is 3.90. The summed E-state index contributed by atoms with van der Waals surface area (Å²) in [7, 11) is -3.36. The van der Waals surface area contributed by atoms with Crippen molar-refractivity contribution < 1.29 is 17.5 Å². The Kier molecular flexibility index (Phi) is 6.16. The molecule has 0 atom stereocenters. The molecule has 0 spiro atoms. The van der Waals surface area contributed by atoms with Crippen LogP contribution in [0.5, 0.6) is 5.75 Å². The molecule has 2 aromatic carbocycles. The van der Waals surface area contributed by atoms with Gasteiger partial charge in [0.1, 0.15) is 6.10 Å². The molecular weight excluding hydrogens is 377 g/mol. The minimum atomic E-state index is -3.36. The van der Waals surface area contributed by atoms with E-state index in [-0.39, 0.29) is 17.6 Å². The molecule has 3 rings (SSSR count). The van der Waals surface area contributed by atoms with Crippen molar-refractivity contribution in [3.63, 3.8) is 0 Å². The molecule has 139 valence electrons. The molecule has 1 heterocycles. The zero-order valence-electron chi connectivity index (χ0n) is 14.1. The van der Waals surface area contributed by atoms with Crippen LogP contribution in [0.25, 0.3) is 0 Å². The van der Waals surface area contributed by atoms with E-state index in [1.807, 2.05) is 30.3 Å². The lowest BCUT2D eigenvalue weighted by Gasteiger charge is -2.31. The van der Waals surface area contributed by atoms with Gasteiger partial charge < -0.3 is 4.74 Å². The molecule has 7 heteroatoms. The van der Waals surface area contributed by atoms with Crippen LogP contribution in [-0.2, 0) is 10.0 Å². The van der Waals surface area contributed by atoms with Gasteiger partial charge in [0, 0.05) is 24.5 Å². The Morgan fingerprint density at radius 3 is 2.50 bits per heavy atom. The molecular formula is C19H20ClFNO3S. The van der Waals surface area contributed by atoms with Crippen molar-refractivity contribution in [3.8, 4) is 5.75 Å². The highest BCUT2D eigenvalue weighted by atomic mass is 35.5. The molecule has 0 N–H and O–H groups in total. The van der Waals surface area contributed by atoms with Gasteiger partial charge in [0.2, 0.25) is 10.0 Å². The summed E-state index contributed by atoms with van der Waals surface area (Å²) >= 11 is 5.73. The minimum absolute atomic E-state index is 0.0334. The number of hydrogen-bond donors (Lipinski definition) is 0.